The molecule has 0 spiro atoms. The average molecular weight is 307 g/mol. The van der Waals surface area contributed by atoms with E-state index in [1.165, 1.54) is 16.9 Å². The zero-order chi connectivity index (χ0) is 14.4. The number of rotatable bonds is 6. The van der Waals surface area contributed by atoms with E-state index < -0.39 is 0 Å². The quantitative estimate of drug-likeness (QED) is 0.803. The summed E-state index contributed by atoms with van der Waals surface area (Å²) in [5, 5.41) is 3.27. The molecular formula is C14H17N3OS2. The molecule has 1 aromatic heterocycles. The van der Waals surface area contributed by atoms with Gasteiger partial charge in [-0.05, 0) is 12.0 Å². The fourth-order valence-corrected chi connectivity index (χ4v) is 3.53. The van der Waals surface area contributed by atoms with Crippen LogP contribution >= 0.6 is 23.1 Å². The number of thioether (sulfide) groups is 1. The first kappa shape index (κ1) is 14.9. The lowest BCUT2D eigenvalue weighted by Crippen LogP contribution is -2.10. The van der Waals surface area contributed by atoms with Crippen molar-refractivity contribution < 1.29 is 4.79 Å². The maximum Gasteiger partial charge on any atom is 0.225 e. The summed E-state index contributed by atoms with van der Waals surface area (Å²) in [6.07, 6.45) is 1.41. The van der Waals surface area contributed by atoms with E-state index in [9.17, 15) is 4.79 Å². The van der Waals surface area contributed by atoms with Crippen LogP contribution in [0.1, 0.15) is 18.9 Å². The van der Waals surface area contributed by atoms with E-state index in [1.807, 2.05) is 18.2 Å². The van der Waals surface area contributed by atoms with E-state index >= 15 is 0 Å². The molecule has 1 aromatic carbocycles. The predicted octanol–water partition coefficient (Wildman–Crippen LogP) is 3.41. The molecule has 1 heterocycles. The molecule has 0 bridgehead atoms. The van der Waals surface area contributed by atoms with Crippen molar-refractivity contribution in [2.24, 2.45) is 0 Å². The Morgan fingerprint density at radius 2 is 2.15 bits per heavy atom. The van der Waals surface area contributed by atoms with Gasteiger partial charge in [-0.25, -0.2) is 4.98 Å². The van der Waals surface area contributed by atoms with Crippen molar-refractivity contribution in [1.29, 1.82) is 0 Å². The Morgan fingerprint density at radius 1 is 1.40 bits per heavy atom. The zero-order valence-corrected chi connectivity index (χ0v) is 12.9. The standard InChI is InChI=1S/C14H17N3OS2/c1-2-11(18)16-13-12(15)20-14(17-13)19-9-8-10-6-4-3-5-7-10/h3-7H,2,8-9,15H2,1H3,(H,16,18). The third kappa shape index (κ3) is 4.25. The van der Waals surface area contributed by atoms with Crippen molar-refractivity contribution in [2.75, 3.05) is 16.8 Å². The van der Waals surface area contributed by atoms with Crippen LogP contribution in [0, 0.1) is 0 Å². The van der Waals surface area contributed by atoms with Gasteiger partial charge in [0.2, 0.25) is 5.91 Å². The normalized spacial score (nSPS) is 10.4. The van der Waals surface area contributed by atoms with E-state index in [1.54, 1.807) is 18.7 Å². The Balaban J connectivity index is 1.87. The van der Waals surface area contributed by atoms with Crippen molar-refractivity contribution in [3.8, 4) is 0 Å². The van der Waals surface area contributed by atoms with Crippen LogP contribution in [-0.2, 0) is 11.2 Å². The molecule has 2 rings (SSSR count). The summed E-state index contributed by atoms with van der Waals surface area (Å²) in [6.45, 7) is 1.80. The number of carbonyl (C=O) groups excluding carboxylic acids is 1. The predicted molar refractivity (Wildman–Crippen MR) is 86.3 cm³/mol. The highest BCUT2D eigenvalue weighted by Gasteiger charge is 2.10. The molecule has 6 heteroatoms. The minimum Gasteiger partial charge on any atom is -0.387 e. The van der Waals surface area contributed by atoms with Crippen molar-refractivity contribution in [3.63, 3.8) is 0 Å². The van der Waals surface area contributed by atoms with Gasteiger partial charge in [0.15, 0.2) is 10.2 Å². The summed E-state index contributed by atoms with van der Waals surface area (Å²) in [4.78, 5) is 15.7. The van der Waals surface area contributed by atoms with Crippen LogP contribution in [0.25, 0.3) is 0 Å². The minimum absolute atomic E-state index is 0.0668. The number of nitrogens with one attached hydrogen (secondary N) is 1. The van der Waals surface area contributed by atoms with Gasteiger partial charge in [0, 0.05) is 12.2 Å². The third-order valence-corrected chi connectivity index (χ3v) is 4.70. The molecule has 0 saturated heterocycles. The molecule has 0 radical (unpaired) electrons. The maximum atomic E-state index is 11.3. The van der Waals surface area contributed by atoms with Crippen LogP contribution < -0.4 is 11.1 Å². The van der Waals surface area contributed by atoms with Gasteiger partial charge in [0.1, 0.15) is 5.00 Å². The molecule has 20 heavy (non-hydrogen) atoms. The SMILES string of the molecule is CCC(=O)Nc1nc(SCCc2ccccc2)sc1N. The fraction of sp³-hybridized carbons (Fsp3) is 0.286. The van der Waals surface area contributed by atoms with Gasteiger partial charge in [-0.1, -0.05) is 60.4 Å². The first-order valence-corrected chi connectivity index (χ1v) is 8.22. The van der Waals surface area contributed by atoms with E-state index in [-0.39, 0.29) is 5.91 Å². The van der Waals surface area contributed by atoms with Gasteiger partial charge in [-0.15, -0.1) is 0 Å². The Kier molecular flexibility index (Phi) is 5.43. The number of nitrogen functional groups attached to an aromatic ring is 1. The number of carbonyl (C=O) groups is 1. The van der Waals surface area contributed by atoms with Gasteiger partial charge in [-0.3, -0.25) is 4.79 Å². The summed E-state index contributed by atoms with van der Waals surface area (Å²) in [6, 6.07) is 10.3. The smallest absolute Gasteiger partial charge is 0.225 e. The Hall–Kier alpha value is -1.53. The van der Waals surface area contributed by atoms with E-state index in [0.717, 1.165) is 16.5 Å². The van der Waals surface area contributed by atoms with Gasteiger partial charge < -0.3 is 11.1 Å². The number of anilines is 2. The van der Waals surface area contributed by atoms with Crippen LogP contribution in [0.5, 0.6) is 0 Å². The van der Waals surface area contributed by atoms with Crippen LogP contribution in [0.2, 0.25) is 0 Å². The fourth-order valence-electron chi connectivity index (χ4n) is 1.58. The van der Waals surface area contributed by atoms with Gasteiger partial charge in [0.25, 0.3) is 0 Å². The molecule has 0 aliphatic carbocycles. The summed E-state index contributed by atoms with van der Waals surface area (Å²) in [7, 11) is 0. The molecule has 0 unspecified atom stereocenters. The Labute approximate surface area is 126 Å². The number of amides is 1. The van der Waals surface area contributed by atoms with Crippen molar-refractivity contribution in [2.45, 2.75) is 24.1 Å². The number of nitrogens with two attached hydrogens (primary N) is 1. The second-order valence-electron chi connectivity index (χ2n) is 4.18. The Bertz CT molecular complexity index is 569. The monoisotopic (exact) mass is 307 g/mol. The van der Waals surface area contributed by atoms with Gasteiger partial charge >= 0.3 is 0 Å². The topological polar surface area (TPSA) is 68.0 Å². The lowest BCUT2D eigenvalue weighted by molar-refractivity contribution is -0.115. The van der Waals surface area contributed by atoms with Crippen LogP contribution in [0.3, 0.4) is 0 Å². The molecule has 0 saturated carbocycles. The lowest BCUT2D eigenvalue weighted by Gasteiger charge is -1.99. The third-order valence-electron chi connectivity index (χ3n) is 2.67. The van der Waals surface area contributed by atoms with Crippen LogP contribution in [-0.4, -0.2) is 16.6 Å². The highest BCUT2D eigenvalue weighted by molar-refractivity contribution is 8.01. The molecular weight excluding hydrogens is 290 g/mol. The molecule has 0 atom stereocenters. The van der Waals surface area contributed by atoms with Crippen LogP contribution in [0.15, 0.2) is 34.7 Å². The number of benzene rings is 1. The largest absolute Gasteiger partial charge is 0.387 e. The molecule has 4 nitrogen and oxygen atoms in total. The number of aryl methyl sites for hydroxylation is 1. The minimum atomic E-state index is -0.0668. The number of thiazole rings is 1. The number of hydrogen-bond acceptors (Lipinski definition) is 5. The molecule has 106 valence electrons. The molecule has 0 fully saturated rings. The van der Waals surface area contributed by atoms with Gasteiger partial charge in [0.05, 0.1) is 0 Å². The van der Waals surface area contributed by atoms with Crippen LogP contribution in [0.4, 0.5) is 10.8 Å². The van der Waals surface area contributed by atoms with E-state index in [2.05, 4.69) is 22.4 Å². The first-order valence-electron chi connectivity index (χ1n) is 6.42. The van der Waals surface area contributed by atoms with Crippen molar-refractivity contribution in [1.82, 2.24) is 4.98 Å². The number of hydrogen-bond donors (Lipinski definition) is 2. The molecule has 0 aliphatic rings. The number of nitrogens with zero attached hydrogens (tertiary/aromatic N) is 1. The molecule has 3 N–H and O–H groups in total. The van der Waals surface area contributed by atoms with E-state index in [0.29, 0.717) is 17.2 Å². The van der Waals surface area contributed by atoms with Crippen molar-refractivity contribution in [3.05, 3.63) is 35.9 Å². The highest BCUT2D eigenvalue weighted by atomic mass is 32.2. The summed E-state index contributed by atoms with van der Waals surface area (Å²) in [5.74, 6) is 1.37. The second-order valence-corrected chi connectivity index (χ2v) is 6.55. The average Bonchev–Trinajstić information content (AvgIpc) is 2.80. The number of aromatic nitrogens is 1. The summed E-state index contributed by atoms with van der Waals surface area (Å²) >= 11 is 3.08. The summed E-state index contributed by atoms with van der Waals surface area (Å²) < 4.78 is 0.893. The first-order chi connectivity index (χ1) is 9.69. The molecule has 1 amide bonds. The van der Waals surface area contributed by atoms with E-state index in [4.69, 9.17) is 5.73 Å². The highest BCUT2D eigenvalue weighted by Crippen LogP contribution is 2.32. The Morgan fingerprint density at radius 3 is 2.85 bits per heavy atom. The zero-order valence-electron chi connectivity index (χ0n) is 11.3. The summed E-state index contributed by atoms with van der Waals surface area (Å²) in [5.41, 5.74) is 7.16. The lowest BCUT2D eigenvalue weighted by atomic mass is 10.2. The molecule has 2 aromatic rings. The van der Waals surface area contributed by atoms with Crippen molar-refractivity contribution >= 4 is 39.8 Å². The maximum absolute atomic E-state index is 11.3. The second kappa shape index (κ2) is 7.31. The molecule has 0 aliphatic heterocycles. The van der Waals surface area contributed by atoms with Gasteiger partial charge in [-0.2, -0.15) is 0 Å².